The van der Waals surface area contributed by atoms with Gasteiger partial charge in [0.15, 0.2) is 11.4 Å². The molecule has 30 heavy (non-hydrogen) atoms. The second kappa shape index (κ2) is 8.08. The van der Waals surface area contributed by atoms with Crippen LogP contribution in [0.25, 0.3) is 10.9 Å². The van der Waals surface area contributed by atoms with Crippen LogP contribution in [0.15, 0.2) is 81.8 Å². The van der Waals surface area contributed by atoms with Gasteiger partial charge in [0.25, 0.3) is 5.56 Å². The minimum atomic E-state index is -0.516. The van der Waals surface area contributed by atoms with E-state index in [9.17, 15) is 20.1 Å². The zero-order chi connectivity index (χ0) is 21.1. The quantitative estimate of drug-likeness (QED) is 0.282. The van der Waals surface area contributed by atoms with Crippen LogP contribution < -0.4 is 5.56 Å². The summed E-state index contributed by atoms with van der Waals surface area (Å²) in [6.45, 7) is 0. The van der Waals surface area contributed by atoms with Gasteiger partial charge in [0.2, 0.25) is 0 Å². The first-order chi connectivity index (χ1) is 14.5. The number of rotatable bonds is 5. The van der Waals surface area contributed by atoms with E-state index in [1.807, 2.05) is 12.1 Å². The zero-order valence-corrected chi connectivity index (χ0v) is 15.9. The molecule has 1 aromatic heterocycles. The summed E-state index contributed by atoms with van der Waals surface area (Å²) in [5, 5.41) is 38.3. The third kappa shape index (κ3) is 4.00. The van der Waals surface area contributed by atoms with E-state index in [4.69, 9.17) is 0 Å². The van der Waals surface area contributed by atoms with Crippen molar-refractivity contribution in [2.75, 3.05) is 0 Å². The van der Waals surface area contributed by atoms with Gasteiger partial charge in [0.05, 0.1) is 11.2 Å². The molecule has 4 N–H and O–H groups in total. The summed E-state index contributed by atoms with van der Waals surface area (Å²) in [4.78, 5) is 14.9. The minimum absolute atomic E-state index is 0.116. The smallest absolute Gasteiger partial charge is 0.280 e. The number of benzene rings is 3. The van der Waals surface area contributed by atoms with E-state index in [1.165, 1.54) is 12.1 Å². The van der Waals surface area contributed by atoms with Gasteiger partial charge in [0.1, 0.15) is 11.5 Å². The van der Waals surface area contributed by atoms with Crippen LogP contribution in [-0.2, 0) is 12.8 Å². The molecule has 0 bridgehead atoms. The highest BCUT2D eigenvalue weighted by Crippen LogP contribution is 2.31. The number of pyridine rings is 1. The average molecular weight is 401 g/mol. The SMILES string of the molecule is O=c1[nH]c2ccccc2c(O)c1N=Nc1ccc(CCc2cc(O)ccc2O)cc1. The van der Waals surface area contributed by atoms with Gasteiger partial charge in [0, 0.05) is 5.39 Å². The molecule has 0 spiro atoms. The molecule has 0 saturated carbocycles. The largest absolute Gasteiger partial charge is 0.508 e. The van der Waals surface area contributed by atoms with Crippen LogP contribution in [-0.4, -0.2) is 20.3 Å². The van der Waals surface area contributed by atoms with Gasteiger partial charge in [-0.2, -0.15) is 5.11 Å². The number of azo groups is 1. The summed E-state index contributed by atoms with van der Waals surface area (Å²) in [5.74, 6) is 0.0600. The minimum Gasteiger partial charge on any atom is -0.508 e. The molecule has 0 fully saturated rings. The molecule has 4 aromatic rings. The molecule has 0 aliphatic carbocycles. The van der Waals surface area contributed by atoms with Crippen LogP contribution in [0, 0.1) is 0 Å². The fraction of sp³-hybridized carbons (Fsp3) is 0.0870. The van der Waals surface area contributed by atoms with Crippen LogP contribution in [0.3, 0.4) is 0 Å². The summed E-state index contributed by atoms with van der Waals surface area (Å²) in [7, 11) is 0. The van der Waals surface area contributed by atoms with Gasteiger partial charge in [-0.25, -0.2) is 0 Å². The number of aromatic hydroxyl groups is 3. The van der Waals surface area contributed by atoms with Crippen molar-refractivity contribution in [1.82, 2.24) is 4.98 Å². The fourth-order valence-corrected chi connectivity index (χ4v) is 3.20. The molecule has 0 saturated heterocycles. The number of nitrogens with zero attached hydrogens (tertiary/aromatic N) is 2. The second-order valence-corrected chi connectivity index (χ2v) is 6.88. The molecular formula is C23H19N3O4. The lowest BCUT2D eigenvalue weighted by atomic mass is 10.0. The van der Waals surface area contributed by atoms with Crippen molar-refractivity contribution in [3.05, 3.63) is 88.2 Å². The molecule has 0 atom stereocenters. The Morgan fingerprint density at radius 3 is 2.40 bits per heavy atom. The first-order valence-corrected chi connectivity index (χ1v) is 9.37. The van der Waals surface area contributed by atoms with Gasteiger partial charge in [-0.15, -0.1) is 5.11 Å². The number of H-pyrrole nitrogens is 1. The van der Waals surface area contributed by atoms with Crippen molar-refractivity contribution < 1.29 is 15.3 Å². The number of hydrogen-bond acceptors (Lipinski definition) is 6. The Kier molecular flexibility index (Phi) is 5.17. The lowest BCUT2D eigenvalue weighted by Crippen LogP contribution is -2.04. The van der Waals surface area contributed by atoms with Crippen LogP contribution in [0.2, 0.25) is 0 Å². The Morgan fingerprint density at radius 2 is 1.60 bits per heavy atom. The predicted molar refractivity (Wildman–Crippen MR) is 114 cm³/mol. The monoisotopic (exact) mass is 401 g/mol. The molecule has 0 radical (unpaired) electrons. The maximum Gasteiger partial charge on any atom is 0.280 e. The molecule has 4 rings (SSSR count). The van der Waals surface area contributed by atoms with Crippen molar-refractivity contribution in [1.29, 1.82) is 0 Å². The number of hydrogen-bond donors (Lipinski definition) is 4. The van der Waals surface area contributed by atoms with Crippen molar-refractivity contribution in [3.63, 3.8) is 0 Å². The average Bonchev–Trinajstić information content (AvgIpc) is 2.75. The molecule has 3 aromatic carbocycles. The zero-order valence-electron chi connectivity index (χ0n) is 15.9. The number of fused-ring (bicyclic) bond motifs is 1. The van der Waals surface area contributed by atoms with E-state index >= 15 is 0 Å². The number of phenolic OH excluding ortho intramolecular Hbond substituents is 2. The van der Waals surface area contributed by atoms with E-state index in [1.54, 1.807) is 42.5 Å². The van der Waals surface area contributed by atoms with Gasteiger partial charge >= 0.3 is 0 Å². The summed E-state index contributed by atoms with van der Waals surface area (Å²) >= 11 is 0. The molecule has 0 amide bonds. The molecule has 7 heteroatoms. The van der Waals surface area contributed by atoms with Gasteiger partial charge in [-0.3, -0.25) is 4.79 Å². The normalized spacial score (nSPS) is 11.3. The fourth-order valence-electron chi connectivity index (χ4n) is 3.20. The maximum atomic E-state index is 12.2. The van der Waals surface area contributed by atoms with Gasteiger partial charge < -0.3 is 20.3 Å². The molecule has 0 unspecified atom stereocenters. The Labute approximate surface area is 171 Å². The van der Waals surface area contributed by atoms with Crippen LogP contribution in [0.1, 0.15) is 11.1 Å². The van der Waals surface area contributed by atoms with E-state index in [0.717, 1.165) is 5.56 Å². The number of aromatic nitrogens is 1. The molecular weight excluding hydrogens is 382 g/mol. The maximum absolute atomic E-state index is 12.2. The summed E-state index contributed by atoms with van der Waals surface area (Å²) in [6, 6.07) is 18.6. The number of aryl methyl sites for hydroxylation is 2. The first kappa shape index (κ1) is 19.2. The second-order valence-electron chi connectivity index (χ2n) is 6.88. The Hall–Kier alpha value is -4.13. The predicted octanol–water partition coefficient (Wildman–Crippen LogP) is 4.85. The highest BCUT2D eigenvalue weighted by molar-refractivity contribution is 5.88. The standard InChI is InChI=1S/C23H19N3O4/c27-17-11-12-20(28)15(13-17)8-5-14-6-9-16(10-7-14)25-26-21-22(29)18-3-1-2-4-19(18)24-23(21)30/h1-4,6-7,9-13,27-28H,5,8H2,(H2,24,29,30). The molecule has 0 aliphatic heterocycles. The number of phenols is 2. The van der Waals surface area contributed by atoms with Gasteiger partial charge in [-0.1, -0.05) is 24.3 Å². The molecule has 1 heterocycles. The first-order valence-electron chi connectivity index (χ1n) is 9.37. The third-order valence-electron chi connectivity index (χ3n) is 4.82. The number of aromatic amines is 1. The molecule has 0 aliphatic rings. The van der Waals surface area contributed by atoms with Crippen LogP contribution in [0.5, 0.6) is 17.2 Å². The topological polar surface area (TPSA) is 118 Å². The van der Waals surface area contributed by atoms with Crippen LogP contribution in [0.4, 0.5) is 11.4 Å². The Morgan fingerprint density at radius 1 is 0.833 bits per heavy atom. The van der Waals surface area contributed by atoms with Crippen molar-refractivity contribution in [2.45, 2.75) is 12.8 Å². The Bertz CT molecular complexity index is 1290. The van der Waals surface area contributed by atoms with Crippen molar-refractivity contribution >= 4 is 22.3 Å². The third-order valence-corrected chi connectivity index (χ3v) is 4.82. The molecule has 7 nitrogen and oxygen atoms in total. The summed E-state index contributed by atoms with van der Waals surface area (Å²) < 4.78 is 0. The summed E-state index contributed by atoms with van der Waals surface area (Å²) in [5.41, 5.74) is 2.09. The van der Waals surface area contributed by atoms with Crippen LogP contribution >= 0.6 is 0 Å². The van der Waals surface area contributed by atoms with Crippen molar-refractivity contribution in [3.8, 4) is 17.2 Å². The Balaban J connectivity index is 1.50. The van der Waals surface area contributed by atoms with Gasteiger partial charge in [-0.05, 0) is 66.4 Å². The molecule has 150 valence electrons. The highest BCUT2D eigenvalue weighted by Gasteiger charge is 2.11. The lowest BCUT2D eigenvalue weighted by molar-refractivity contribution is 0.454. The van der Waals surface area contributed by atoms with E-state index in [2.05, 4.69) is 15.2 Å². The van der Waals surface area contributed by atoms with E-state index < -0.39 is 5.56 Å². The highest BCUT2D eigenvalue weighted by atomic mass is 16.3. The lowest BCUT2D eigenvalue weighted by Gasteiger charge is -2.06. The summed E-state index contributed by atoms with van der Waals surface area (Å²) in [6.07, 6.45) is 1.24. The number of nitrogens with one attached hydrogen (secondary N) is 1. The van der Waals surface area contributed by atoms with Crippen molar-refractivity contribution in [2.24, 2.45) is 10.2 Å². The van der Waals surface area contributed by atoms with E-state index in [0.29, 0.717) is 35.0 Å². The van der Waals surface area contributed by atoms with E-state index in [-0.39, 0.29) is 22.9 Å². The number of para-hydroxylation sites is 1.